The lowest BCUT2D eigenvalue weighted by molar-refractivity contribution is 0.102. The molecule has 0 aliphatic rings. The smallest absolute Gasteiger partial charge is 0.259 e. The van der Waals surface area contributed by atoms with Crippen LogP contribution in [0.5, 0.6) is 0 Å². The molecule has 0 bridgehead atoms. The number of nitrogens with one attached hydrogen (secondary N) is 1. The minimum absolute atomic E-state index is 0.159. The first kappa shape index (κ1) is 14.2. The topological polar surface area (TPSA) is 54.9 Å². The fourth-order valence-corrected chi connectivity index (χ4v) is 2.22. The van der Waals surface area contributed by atoms with E-state index >= 15 is 0 Å². The van der Waals surface area contributed by atoms with Crippen molar-refractivity contribution in [2.45, 2.75) is 33.6 Å². The molecule has 0 unspecified atom stereocenters. The zero-order valence-corrected chi connectivity index (χ0v) is 12.3. The standard InChI is InChI=1S/C16H19N3O/c1-10(2)13-7-5-6-8-14(13)19-16(20)15-11(3)17-9-18-12(15)4/h5-10H,1-4H3,(H,19,20). The van der Waals surface area contributed by atoms with Crippen molar-refractivity contribution in [1.82, 2.24) is 9.97 Å². The first-order valence-corrected chi connectivity index (χ1v) is 6.69. The third kappa shape index (κ3) is 2.85. The molecule has 2 rings (SSSR count). The summed E-state index contributed by atoms with van der Waals surface area (Å²) in [5, 5.41) is 2.97. The molecule has 0 spiro atoms. The van der Waals surface area contributed by atoms with E-state index in [0.29, 0.717) is 22.9 Å². The van der Waals surface area contributed by atoms with Crippen molar-refractivity contribution in [1.29, 1.82) is 0 Å². The van der Waals surface area contributed by atoms with Crippen LogP contribution in [0.4, 0.5) is 5.69 Å². The second-order valence-electron chi connectivity index (χ2n) is 5.12. The van der Waals surface area contributed by atoms with Crippen LogP contribution >= 0.6 is 0 Å². The Bertz CT molecular complexity index is 615. The van der Waals surface area contributed by atoms with Crippen molar-refractivity contribution in [3.63, 3.8) is 0 Å². The van der Waals surface area contributed by atoms with Gasteiger partial charge in [-0.15, -0.1) is 0 Å². The molecule has 0 radical (unpaired) electrons. The fraction of sp³-hybridized carbons (Fsp3) is 0.312. The van der Waals surface area contributed by atoms with E-state index in [9.17, 15) is 4.79 Å². The number of nitrogens with zero attached hydrogens (tertiary/aromatic N) is 2. The van der Waals surface area contributed by atoms with Crippen LogP contribution in [0.1, 0.15) is 47.1 Å². The molecule has 0 atom stereocenters. The molecule has 0 fully saturated rings. The maximum Gasteiger partial charge on any atom is 0.259 e. The summed E-state index contributed by atoms with van der Waals surface area (Å²) >= 11 is 0. The Labute approximate surface area is 119 Å². The highest BCUT2D eigenvalue weighted by atomic mass is 16.1. The van der Waals surface area contributed by atoms with Crippen LogP contribution in [0.2, 0.25) is 0 Å². The maximum absolute atomic E-state index is 12.4. The number of amides is 1. The first-order valence-electron chi connectivity index (χ1n) is 6.69. The molecule has 0 saturated heterocycles. The molecule has 104 valence electrons. The monoisotopic (exact) mass is 269 g/mol. The van der Waals surface area contributed by atoms with Crippen LogP contribution in [0.3, 0.4) is 0 Å². The Balaban J connectivity index is 2.33. The van der Waals surface area contributed by atoms with E-state index in [0.717, 1.165) is 11.3 Å². The van der Waals surface area contributed by atoms with E-state index in [1.165, 1.54) is 6.33 Å². The van der Waals surface area contributed by atoms with Crippen molar-refractivity contribution in [2.75, 3.05) is 5.32 Å². The van der Waals surface area contributed by atoms with Gasteiger partial charge in [-0.1, -0.05) is 32.0 Å². The molecule has 1 N–H and O–H groups in total. The van der Waals surface area contributed by atoms with Gasteiger partial charge < -0.3 is 5.32 Å². The molecule has 1 heterocycles. The van der Waals surface area contributed by atoms with Crippen molar-refractivity contribution in [3.8, 4) is 0 Å². The molecule has 0 aliphatic carbocycles. The summed E-state index contributed by atoms with van der Waals surface area (Å²) in [7, 11) is 0. The van der Waals surface area contributed by atoms with E-state index in [-0.39, 0.29) is 5.91 Å². The lowest BCUT2D eigenvalue weighted by Gasteiger charge is -2.14. The van der Waals surface area contributed by atoms with Gasteiger partial charge in [0.2, 0.25) is 0 Å². The second-order valence-corrected chi connectivity index (χ2v) is 5.12. The number of rotatable bonds is 3. The highest BCUT2D eigenvalue weighted by molar-refractivity contribution is 6.06. The van der Waals surface area contributed by atoms with Crippen molar-refractivity contribution < 1.29 is 4.79 Å². The molecule has 1 aromatic heterocycles. The van der Waals surface area contributed by atoms with E-state index in [4.69, 9.17) is 0 Å². The molecular weight excluding hydrogens is 250 g/mol. The third-order valence-corrected chi connectivity index (χ3v) is 3.28. The third-order valence-electron chi connectivity index (χ3n) is 3.28. The van der Waals surface area contributed by atoms with Crippen LogP contribution in [-0.2, 0) is 0 Å². The highest BCUT2D eigenvalue weighted by Gasteiger charge is 2.16. The van der Waals surface area contributed by atoms with Crippen LogP contribution < -0.4 is 5.32 Å². The van der Waals surface area contributed by atoms with Gasteiger partial charge in [-0.05, 0) is 31.4 Å². The van der Waals surface area contributed by atoms with E-state index in [2.05, 4.69) is 29.1 Å². The molecule has 4 heteroatoms. The van der Waals surface area contributed by atoms with Crippen molar-refractivity contribution >= 4 is 11.6 Å². The van der Waals surface area contributed by atoms with Gasteiger partial charge in [0.1, 0.15) is 6.33 Å². The average molecular weight is 269 g/mol. The normalized spacial score (nSPS) is 10.7. The number of hydrogen-bond acceptors (Lipinski definition) is 3. The summed E-state index contributed by atoms with van der Waals surface area (Å²) in [6.45, 7) is 7.84. The molecule has 0 aliphatic heterocycles. The number of hydrogen-bond donors (Lipinski definition) is 1. The lowest BCUT2D eigenvalue weighted by atomic mass is 10.0. The summed E-state index contributed by atoms with van der Waals surface area (Å²) < 4.78 is 0. The Hall–Kier alpha value is -2.23. The van der Waals surface area contributed by atoms with E-state index in [1.54, 1.807) is 0 Å². The SMILES string of the molecule is Cc1ncnc(C)c1C(=O)Nc1ccccc1C(C)C. The van der Waals surface area contributed by atoms with Crippen molar-refractivity contribution in [2.24, 2.45) is 0 Å². The van der Waals surface area contributed by atoms with Gasteiger partial charge in [0.25, 0.3) is 5.91 Å². The Morgan fingerprint density at radius 1 is 1.10 bits per heavy atom. The number of anilines is 1. The lowest BCUT2D eigenvalue weighted by Crippen LogP contribution is -2.17. The van der Waals surface area contributed by atoms with Crippen LogP contribution in [0, 0.1) is 13.8 Å². The van der Waals surface area contributed by atoms with Crippen LogP contribution in [0.25, 0.3) is 0 Å². The summed E-state index contributed by atoms with van der Waals surface area (Å²) in [6, 6.07) is 7.85. The summed E-state index contributed by atoms with van der Waals surface area (Å²) in [6.07, 6.45) is 1.48. The summed E-state index contributed by atoms with van der Waals surface area (Å²) in [5.74, 6) is 0.189. The predicted octanol–water partition coefficient (Wildman–Crippen LogP) is 3.47. The molecule has 1 aromatic carbocycles. The number of aromatic nitrogens is 2. The summed E-state index contributed by atoms with van der Waals surface area (Å²) in [5.41, 5.74) is 3.89. The molecule has 0 saturated carbocycles. The molecule has 2 aromatic rings. The molecule has 4 nitrogen and oxygen atoms in total. The Morgan fingerprint density at radius 3 is 2.30 bits per heavy atom. The number of para-hydroxylation sites is 1. The zero-order chi connectivity index (χ0) is 14.7. The van der Waals surface area contributed by atoms with Crippen LogP contribution in [-0.4, -0.2) is 15.9 Å². The van der Waals surface area contributed by atoms with Gasteiger partial charge >= 0.3 is 0 Å². The number of benzene rings is 1. The minimum atomic E-state index is -0.159. The second kappa shape index (κ2) is 5.82. The van der Waals surface area contributed by atoms with Gasteiger partial charge in [-0.25, -0.2) is 9.97 Å². The van der Waals surface area contributed by atoms with E-state index < -0.39 is 0 Å². The fourth-order valence-electron chi connectivity index (χ4n) is 2.22. The molecule has 1 amide bonds. The predicted molar refractivity (Wildman–Crippen MR) is 80.0 cm³/mol. The Kier molecular flexibility index (Phi) is 4.13. The van der Waals surface area contributed by atoms with Gasteiger partial charge in [0, 0.05) is 5.69 Å². The van der Waals surface area contributed by atoms with Gasteiger partial charge in [0.15, 0.2) is 0 Å². The molecular formula is C16H19N3O. The zero-order valence-electron chi connectivity index (χ0n) is 12.3. The van der Waals surface area contributed by atoms with Gasteiger partial charge in [-0.2, -0.15) is 0 Å². The Morgan fingerprint density at radius 2 is 1.70 bits per heavy atom. The van der Waals surface area contributed by atoms with E-state index in [1.807, 2.05) is 38.1 Å². The van der Waals surface area contributed by atoms with Gasteiger partial charge in [-0.3, -0.25) is 4.79 Å². The number of carbonyl (C=O) groups is 1. The van der Waals surface area contributed by atoms with Crippen molar-refractivity contribution in [3.05, 3.63) is 53.1 Å². The maximum atomic E-state index is 12.4. The quantitative estimate of drug-likeness (QED) is 0.928. The number of aryl methyl sites for hydroxylation is 2. The summed E-state index contributed by atoms with van der Waals surface area (Å²) in [4.78, 5) is 20.6. The van der Waals surface area contributed by atoms with Crippen LogP contribution in [0.15, 0.2) is 30.6 Å². The minimum Gasteiger partial charge on any atom is -0.322 e. The average Bonchev–Trinajstić information content (AvgIpc) is 2.38. The van der Waals surface area contributed by atoms with Gasteiger partial charge in [0.05, 0.1) is 17.0 Å². The largest absolute Gasteiger partial charge is 0.322 e. The first-order chi connectivity index (χ1) is 9.50. The number of carbonyl (C=O) groups excluding carboxylic acids is 1. The highest BCUT2D eigenvalue weighted by Crippen LogP contribution is 2.24. The molecule has 20 heavy (non-hydrogen) atoms.